The van der Waals surface area contributed by atoms with Crippen LogP contribution < -0.4 is 5.32 Å². The lowest BCUT2D eigenvalue weighted by Crippen LogP contribution is -2.22. The molecule has 0 saturated heterocycles. The number of hydrogen-bond acceptors (Lipinski definition) is 5. The summed E-state index contributed by atoms with van der Waals surface area (Å²) in [7, 11) is 0. The Morgan fingerprint density at radius 1 is 1.44 bits per heavy atom. The van der Waals surface area contributed by atoms with Gasteiger partial charge in [-0.25, -0.2) is 0 Å². The van der Waals surface area contributed by atoms with E-state index in [2.05, 4.69) is 15.5 Å². The van der Waals surface area contributed by atoms with Crippen LogP contribution in [0, 0.1) is 0 Å². The van der Waals surface area contributed by atoms with E-state index in [1.54, 1.807) is 18.2 Å². The molecule has 0 bridgehead atoms. The van der Waals surface area contributed by atoms with Crippen molar-refractivity contribution in [2.75, 3.05) is 6.54 Å². The standard InChI is InChI=1S/C11H10ClN3O3/c12-8-4-2-1-3-7(8)11-14-9(15-18-11)5-13-6-10(16)17/h1-4,13H,5-6H2,(H,16,17). The van der Waals surface area contributed by atoms with Gasteiger partial charge in [0.1, 0.15) is 0 Å². The number of halogens is 1. The number of carbonyl (C=O) groups is 1. The van der Waals surface area contributed by atoms with E-state index in [1.165, 1.54) is 0 Å². The SMILES string of the molecule is O=C(O)CNCc1noc(-c2ccccc2Cl)n1. The third-order valence-corrected chi connectivity index (χ3v) is 2.46. The first-order chi connectivity index (χ1) is 8.66. The summed E-state index contributed by atoms with van der Waals surface area (Å²) in [4.78, 5) is 14.4. The van der Waals surface area contributed by atoms with E-state index in [0.717, 1.165) is 0 Å². The lowest BCUT2D eigenvalue weighted by atomic mass is 10.2. The maximum atomic E-state index is 10.3. The van der Waals surface area contributed by atoms with Crippen LogP contribution in [-0.4, -0.2) is 27.8 Å². The van der Waals surface area contributed by atoms with Crippen molar-refractivity contribution in [2.45, 2.75) is 6.54 Å². The number of carboxylic acids is 1. The molecule has 1 heterocycles. The Balaban J connectivity index is 2.06. The van der Waals surface area contributed by atoms with Crippen molar-refractivity contribution in [3.05, 3.63) is 35.1 Å². The van der Waals surface area contributed by atoms with Crippen LogP contribution in [0.3, 0.4) is 0 Å². The molecule has 0 unspecified atom stereocenters. The molecule has 0 aliphatic heterocycles. The topological polar surface area (TPSA) is 88.2 Å². The Morgan fingerprint density at radius 3 is 2.94 bits per heavy atom. The molecule has 0 spiro atoms. The van der Waals surface area contributed by atoms with Crippen LogP contribution in [0.25, 0.3) is 11.5 Å². The molecule has 0 amide bonds. The van der Waals surface area contributed by atoms with E-state index in [1.807, 2.05) is 6.07 Å². The van der Waals surface area contributed by atoms with Crippen LogP contribution in [0.5, 0.6) is 0 Å². The number of benzene rings is 1. The van der Waals surface area contributed by atoms with Crippen molar-refractivity contribution in [1.29, 1.82) is 0 Å². The van der Waals surface area contributed by atoms with Crippen LogP contribution in [0.2, 0.25) is 5.02 Å². The first kappa shape index (κ1) is 12.5. The summed E-state index contributed by atoms with van der Waals surface area (Å²) in [6, 6.07) is 7.11. The van der Waals surface area contributed by atoms with Crippen LogP contribution in [0.15, 0.2) is 28.8 Å². The molecule has 1 aromatic carbocycles. The predicted molar refractivity (Wildman–Crippen MR) is 64.1 cm³/mol. The summed E-state index contributed by atoms with van der Waals surface area (Å²) in [5.41, 5.74) is 0.649. The maximum Gasteiger partial charge on any atom is 0.317 e. The van der Waals surface area contributed by atoms with E-state index in [-0.39, 0.29) is 13.1 Å². The molecule has 6 nitrogen and oxygen atoms in total. The van der Waals surface area contributed by atoms with Crippen LogP contribution in [0.1, 0.15) is 5.82 Å². The van der Waals surface area contributed by atoms with E-state index in [9.17, 15) is 4.79 Å². The Kier molecular flexibility index (Phi) is 3.91. The van der Waals surface area contributed by atoms with Gasteiger partial charge in [-0.1, -0.05) is 28.9 Å². The van der Waals surface area contributed by atoms with Crippen molar-refractivity contribution < 1.29 is 14.4 Å². The molecule has 0 aliphatic rings. The number of rotatable bonds is 5. The second kappa shape index (κ2) is 5.61. The second-order valence-corrected chi connectivity index (χ2v) is 3.90. The Bertz CT molecular complexity index is 556. The minimum atomic E-state index is -0.940. The van der Waals surface area contributed by atoms with Crippen molar-refractivity contribution in [2.24, 2.45) is 0 Å². The van der Waals surface area contributed by atoms with E-state index >= 15 is 0 Å². The molecule has 2 aromatic rings. The maximum absolute atomic E-state index is 10.3. The van der Waals surface area contributed by atoms with Crippen molar-refractivity contribution in [3.8, 4) is 11.5 Å². The van der Waals surface area contributed by atoms with Gasteiger partial charge in [-0.2, -0.15) is 4.98 Å². The fourth-order valence-electron chi connectivity index (χ4n) is 1.35. The zero-order valence-electron chi connectivity index (χ0n) is 9.26. The highest BCUT2D eigenvalue weighted by atomic mass is 35.5. The molecule has 0 aliphatic carbocycles. The van der Waals surface area contributed by atoms with E-state index < -0.39 is 5.97 Å². The quantitative estimate of drug-likeness (QED) is 0.855. The van der Waals surface area contributed by atoms with E-state index in [4.69, 9.17) is 21.2 Å². The molecule has 0 radical (unpaired) electrons. The normalized spacial score (nSPS) is 10.5. The number of carboxylic acid groups (broad SMARTS) is 1. The highest BCUT2D eigenvalue weighted by Gasteiger charge is 2.11. The Morgan fingerprint density at radius 2 is 2.22 bits per heavy atom. The number of aromatic nitrogens is 2. The van der Waals surface area contributed by atoms with Crippen LogP contribution >= 0.6 is 11.6 Å². The van der Waals surface area contributed by atoms with Gasteiger partial charge in [0.15, 0.2) is 5.82 Å². The lowest BCUT2D eigenvalue weighted by molar-refractivity contribution is -0.136. The average molecular weight is 268 g/mol. The number of nitrogens with one attached hydrogen (secondary N) is 1. The van der Waals surface area contributed by atoms with Gasteiger partial charge in [0.05, 0.1) is 23.7 Å². The third-order valence-electron chi connectivity index (χ3n) is 2.13. The molecule has 18 heavy (non-hydrogen) atoms. The number of aliphatic carboxylic acids is 1. The predicted octanol–water partition coefficient (Wildman–Crippen LogP) is 1.56. The highest BCUT2D eigenvalue weighted by molar-refractivity contribution is 6.33. The molecule has 94 valence electrons. The van der Waals surface area contributed by atoms with Gasteiger partial charge >= 0.3 is 5.97 Å². The largest absolute Gasteiger partial charge is 0.480 e. The minimum absolute atomic E-state index is 0.157. The Labute approximate surface area is 108 Å². The molecular formula is C11H10ClN3O3. The molecule has 2 rings (SSSR count). The molecule has 0 atom stereocenters. The highest BCUT2D eigenvalue weighted by Crippen LogP contribution is 2.25. The summed E-state index contributed by atoms with van der Waals surface area (Å²) >= 11 is 5.99. The van der Waals surface area contributed by atoms with Gasteiger partial charge in [-0.05, 0) is 12.1 Å². The van der Waals surface area contributed by atoms with Crippen molar-refractivity contribution >= 4 is 17.6 Å². The summed E-state index contributed by atoms with van der Waals surface area (Å²) in [5.74, 6) is -0.247. The fraction of sp³-hybridized carbons (Fsp3) is 0.182. The first-order valence-corrected chi connectivity index (χ1v) is 5.54. The summed E-state index contributed by atoms with van der Waals surface area (Å²) < 4.78 is 5.06. The zero-order valence-corrected chi connectivity index (χ0v) is 10.0. The molecule has 2 N–H and O–H groups in total. The molecule has 7 heteroatoms. The summed E-state index contributed by atoms with van der Waals surface area (Å²) in [6.45, 7) is 0.0657. The minimum Gasteiger partial charge on any atom is -0.480 e. The molecule has 0 fully saturated rings. The fourth-order valence-corrected chi connectivity index (χ4v) is 1.57. The monoisotopic (exact) mass is 267 g/mol. The first-order valence-electron chi connectivity index (χ1n) is 5.17. The Hall–Kier alpha value is -1.92. The van der Waals surface area contributed by atoms with Crippen LogP contribution in [0.4, 0.5) is 0 Å². The van der Waals surface area contributed by atoms with Gasteiger partial charge in [0.25, 0.3) is 5.89 Å². The van der Waals surface area contributed by atoms with Crippen molar-refractivity contribution in [1.82, 2.24) is 15.5 Å². The molecule has 0 saturated carbocycles. The van der Waals surface area contributed by atoms with Gasteiger partial charge in [0.2, 0.25) is 0 Å². The zero-order chi connectivity index (χ0) is 13.0. The van der Waals surface area contributed by atoms with Gasteiger partial charge in [0, 0.05) is 0 Å². The lowest BCUT2D eigenvalue weighted by Gasteiger charge is -1.96. The number of nitrogens with zero attached hydrogens (tertiary/aromatic N) is 2. The smallest absolute Gasteiger partial charge is 0.317 e. The van der Waals surface area contributed by atoms with Crippen LogP contribution in [-0.2, 0) is 11.3 Å². The van der Waals surface area contributed by atoms with Gasteiger partial charge < -0.3 is 9.63 Å². The summed E-state index contributed by atoms with van der Waals surface area (Å²) in [6.07, 6.45) is 0. The summed E-state index contributed by atoms with van der Waals surface area (Å²) in [5, 5.41) is 15.4. The molecular weight excluding hydrogens is 258 g/mol. The van der Waals surface area contributed by atoms with Gasteiger partial charge in [-0.15, -0.1) is 0 Å². The van der Waals surface area contributed by atoms with E-state index in [0.29, 0.717) is 22.3 Å². The second-order valence-electron chi connectivity index (χ2n) is 3.49. The van der Waals surface area contributed by atoms with Crippen molar-refractivity contribution in [3.63, 3.8) is 0 Å². The average Bonchev–Trinajstić information content (AvgIpc) is 2.78. The van der Waals surface area contributed by atoms with Gasteiger partial charge in [-0.3, -0.25) is 10.1 Å². The molecule has 1 aromatic heterocycles. The third kappa shape index (κ3) is 3.06. The number of hydrogen-bond donors (Lipinski definition) is 2.